The van der Waals surface area contributed by atoms with Crippen LogP contribution in [0.2, 0.25) is 0 Å². The molecule has 0 bridgehead atoms. The Morgan fingerprint density at radius 3 is 2.41 bits per heavy atom. The molecule has 0 spiro atoms. The van der Waals surface area contributed by atoms with Gasteiger partial charge < -0.3 is 19.8 Å². The van der Waals surface area contributed by atoms with Crippen molar-refractivity contribution >= 4 is 0 Å². The summed E-state index contributed by atoms with van der Waals surface area (Å²) in [5.74, 6) is 1.29. The Hall–Kier alpha value is -2.27. The van der Waals surface area contributed by atoms with E-state index in [2.05, 4.69) is 0 Å². The van der Waals surface area contributed by atoms with Gasteiger partial charge in [-0.25, -0.2) is 0 Å². The summed E-state index contributed by atoms with van der Waals surface area (Å²) in [4.78, 5) is 12.6. The van der Waals surface area contributed by atoms with Gasteiger partial charge in [0.15, 0.2) is 0 Å². The highest BCUT2D eigenvalue weighted by Crippen LogP contribution is 2.30. The minimum absolute atomic E-state index is 0.0622. The van der Waals surface area contributed by atoms with Gasteiger partial charge >= 0.3 is 0 Å². The third-order valence-electron chi connectivity index (χ3n) is 3.85. The molecule has 1 aromatic carbocycles. The molecule has 22 heavy (non-hydrogen) atoms. The van der Waals surface area contributed by atoms with Crippen molar-refractivity contribution < 1.29 is 9.47 Å². The molecule has 0 aliphatic carbocycles. The van der Waals surface area contributed by atoms with E-state index in [1.165, 1.54) is 0 Å². The van der Waals surface area contributed by atoms with E-state index in [1.807, 2.05) is 32.0 Å². The van der Waals surface area contributed by atoms with Crippen molar-refractivity contribution in [2.45, 2.75) is 26.4 Å². The first kappa shape index (κ1) is 16.1. The van der Waals surface area contributed by atoms with Gasteiger partial charge in [0.05, 0.1) is 20.3 Å². The Balaban J connectivity index is 2.53. The molecule has 0 fully saturated rings. The standard InChI is InChI=1S/C17H22N2O3/c1-5-19-11(2)6-8-14(17(19)20)16(18)13-9-7-12(21-3)10-15(13)22-4/h6-10,16H,5,18H2,1-4H3. The molecule has 2 rings (SSSR count). The lowest BCUT2D eigenvalue weighted by Crippen LogP contribution is -2.29. The second kappa shape index (κ2) is 6.66. The molecule has 5 nitrogen and oxygen atoms in total. The summed E-state index contributed by atoms with van der Waals surface area (Å²) in [6.07, 6.45) is 0. The number of nitrogens with zero attached hydrogens (tertiary/aromatic N) is 1. The molecular formula is C17H22N2O3. The molecule has 0 radical (unpaired) electrons. The molecule has 2 aromatic rings. The van der Waals surface area contributed by atoms with Gasteiger partial charge in [0, 0.05) is 29.4 Å². The zero-order valence-corrected chi connectivity index (χ0v) is 13.4. The summed E-state index contributed by atoms with van der Waals surface area (Å²) in [7, 11) is 3.17. The Morgan fingerprint density at radius 1 is 1.14 bits per heavy atom. The summed E-state index contributed by atoms with van der Waals surface area (Å²) in [6, 6.07) is 8.56. The Bertz CT molecular complexity index is 722. The number of hydrogen-bond donors (Lipinski definition) is 1. The van der Waals surface area contributed by atoms with Crippen LogP contribution in [0.3, 0.4) is 0 Å². The van der Waals surface area contributed by atoms with Crippen LogP contribution in [0.5, 0.6) is 11.5 Å². The molecule has 0 amide bonds. The number of ether oxygens (including phenoxy) is 2. The number of benzene rings is 1. The van der Waals surface area contributed by atoms with Gasteiger partial charge in [-0.1, -0.05) is 0 Å². The number of rotatable bonds is 5. The van der Waals surface area contributed by atoms with Crippen LogP contribution in [-0.2, 0) is 6.54 Å². The summed E-state index contributed by atoms with van der Waals surface area (Å²) in [6.45, 7) is 4.47. The lowest BCUT2D eigenvalue weighted by molar-refractivity contribution is 0.389. The first-order valence-electron chi connectivity index (χ1n) is 7.21. The van der Waals surface area contributed by atoms with Gasteiger partial charge in [-0.15, -0.1) is 0 Å². The maximum absolute atomic E-state index is 12.6. The molecule has 5 heteroatoms. The van der Waals surface area contributed by atoms with Gasteiger partial charge in [-0.3, -0.25) is 4.79 Å². The number of pyridine rings is 1. The van der Waals surface area contributed by atoms with Crippen molar-refractivity contribution in [1.29, 1.82) is 0 Å². The highest BCUT2D eigenvalue weighted by molar-refractivity contribution is 5.45. The molecule has 0 aliphatic heterocycles. The monoisotopic (exact) mass is 302 g/mol. The highest BCUT2D eigenvalue weighted by Gasteiger charge is 2.19. The van der Waals surface area contributed by atoms with Crippen LogP contribution in [0, 0.1) is 6.92 Å². The van der Waals surface area contributed by atoms with Crippen molar-refractivity contribution in [3.05, 3.63) is 57.5 Å². The smallest absolute Gasteiger partial charge is 0.255 e. The Morgan fingerprint density at radius 2 is 1.82 bits per heavy atom. The predicted molar refractivity (Wildman–Crippen MR) is 86.7 cm³/mol. The fraction of sp³-hybridized carbons (Fsp3) is 0.353. The largest absolute Gasteiger partial charge is 0.497 e. The van der Waals surface area contributed by atoms with Crippen LogP contribution in [0.4, 0.5) is 0 Å². The molecular weight excluding hydrogens is 280 g/mol. The molecule has 1 heterocycles. The maximum atomic E-state index is 12.6. The highest BCUT2D eigenvalue weighted by atomic mass is 16.5. The van der Waals surface area contributed by atoms with Crippen LogP contribution in [-0.4, -0.2) is 18.8 Å². The Kier molecular flexibility index (Phi) is 4.88. The topological polar surface area (TPSA) is 66.5 Å². The molecule has 0 aliphatic rings. The summed E-state index contributed by atoms with van der Waals surface area (Å²) < 4.78 is 12.3. The summed E-state index contributed by atoms with van der Waals surface area (Å²) >= 11 is 0. The van der Waals surface area contributed by atoms with Crippen LogP contribution < -0.4 is 20.8 Å². The number of nitrogens with two attached hydrogens (primary N) is 1. The van der Waals surface area contributed by atoms with Crippen LogP contribution >= 0.6 is 0 Å². The van der Waals surface area contributed by atoms with E-state index in [4.69, 9.17) is 15.2 Å². The molecule has 0 saturated carbocycles. The van der Waals surface area contributed by atoms with E-state index in [1.54, 1.807) is 30.9 Å². The zero-order chi connectivity index (χ0) is 16.3. The average Bonchev–Trinajstić information content (AvgIpc) is 2.54. The van der Waals surface area contributed by atoms with E-state index in [9.17, 15) is 4.79 Å². The minimum Gasteiger partial charge on any atom is -0.497 e. The van der Waals surface area contributed by atoms with Gasteiger partial charge in [0.2, 0.25) is 0 Å². The normalized spacial score (nSPS) is 12.0. The zero-order valence-electron chi connectivity index (χ0n) is 13.4. The Labute approximate surface area is 130 Å². The van der Waals surface area contributed by atoms with Gasteiger partial charge in [0.1, 0.15) is 11.5 Å². The molecule has 2 N–H and O–H groups in total. The first-order chi connectivity index (χ1) is 10.5. The van der Waals surface area contributed by atoms with Crippen LogP contribution in [0.1, 0.15) is 29.8 Å². The third kappa shape index (κ3) is 2.85. The van der Waals surface area contributed by atoms with E-state index in [0.717, 1.165) is 11.3 Å². The molecule has 1 unspecified atom stereocenters. The van der Waals surface area contributed by atoms with E-state index in [0.29, 0.717) is 23.6 Å². The second-order valence-corrected chi connectivity index (χ2v) is 5.07. The van der Waals surface area contributed by atoms with Gasteiger partial charge in [0.25, 0.3) is 5.56 Å². The van der Waals surface area contributed by atoms with E-state index < -0.39 is 6.04 Å². The molecule has 118 valence electrons. The summed E-state index contributed by atoms with van der Waals surface area (Å²) in [5, 5.41) is 0. The number of hydrogen-bond acceptors (Lipinski definition) is 4. The lowest BCUT2D eigenvalue weighted by Gasteiger charge is -2.18. The van der Waals surface area contributed by atoms with Crippen LogP contribution in [0.15, 0.2) is 35.1 Å². The van der Waals surface area contributed by atoms with Crippen molar-refractivity contribution in [2.75, 3.05) is 14.2 Å². The average molecular weight is 302 g/mol. The quantitative estimate of drug-likeness (QED) is 0.920. The number of methoxy groups -OCH3 is 2. The predicted octanol–water partition coefficient (Wildman–Crippen LogP) is 2.24. The van der Waals surface area contributed by atoms with Crippen molar-refractivity contribution in [3.8, 4) is 11.5 Å². The van der Waals surface area contributed by atoms with Crippen molar-refractivity contribution in [2.24, 2.45) is 5.73 Å². The lowest BCUT2D eigenvalue weighted by atomic mass is 9.99. The minimum atomic E-state index is -0.549. The number of aryl methyl sites for hydroxylation is 1. The number of aromatic nitrogens is 1. The first-order valence-corrected chi connectivity index (χ1v) is 7.21. The fourth-order valence-electron chi connectivity index (χ4n) is 2.56. The second-order valence-electron chi connectivity index (χ2n) is 5.07. The van der Waals surface area contributed by atoms with Crippen molar-refractivity contribution in [1.82, 2.24) is 4.57 Å². The third-order valence-corrected chi connectivity index (χ3v) is 3.85. The molecule has 1 atom stereocenters. The SMILES string of the molecule is CCn1c(C)ccc(C(N)c2ccc(OC)cc2OC)c1=O. The van der Waals surface area contributed by atoms with E-state index >= 15 is 0 Å². The van der Waals surface area contributed by atoms with Crippen LogP contribution in [0.25, 0.3) is 0 Å². The van der Waals surface area contributed by atoms with Gasteiger partial charge in [-0.2, -0.15) is 0 Å². The maximum Gasteiger partial charge on any atom is 0.255 e. The van der Waals surface area contributed by atoms with E-state index in [-0.39, 0.29) is 5.56 Å². The summed E-state index contributed by atoms with van der Waals surface area (Å²) in [5.41, 5.74) is 8.49. The fourth-order valence-corrected chi connectivity index (χ4v) is 2.56. The molecule has 1 aromatic heterocycles. The van der Waals surface area contributed by atoms with Crippen molar-refractivity contribution in [3.63, 3.8) is 0 Å². The molecule has 0 saturated heterocycles. The van der Waals surface area contributed by atoms with Gasteiger partial charge in [-0.05, 0) is 38.1 Å².